The maximum atomic E-state index is 12.5. The molecule has 1 saturated carbocycles. The Bertz CT molecular complexity index is 564. The van der Waals surface area contributed by atoms with Crippen molar-refractivity contribution >= 4 is 9.84 Å². The minimum Gasteiger partial charge on any atom is -0.383 e. The fraction of sp³-hybridized carbons (Fsp3) is 0.786. The van der Waals surface area contributed by atoms with Gasteiger partial charge in [0.25, 0.3) is 0 Å². The third kappa shape index (κ3) is 4.28. The van der Waals surface area contributed by atoms with Crippen LogP contribution in [-0.2, 0) is 27.7 Å². The smallest absolute Gasteiger partial charge is 0.227 e. The normalized spacial score (nSPS) is 15.8. The van der Waals surface area contributed by atoms with E-state index in [1.807, 2.05) is 7.05 Å². The summed E-state index contributed by atoms with van der Waals surface area (Å²) in [5, 5.41) is 0.200. The van der Waals surface area contributed by atoms with E-state index in [0.717, 1.165) is 25.1 Å². The van der Waals surface area contributed by atoms with Crippen LogP contribution >= 0.6 is 0 Å². The fourth-order valence-electron chi connectivity index (χ4n) is 2.25. The van der Waals surface area contributed by atoms with E-state index in [4.69, 9.17) is 4.74 Å². The first-order valence-corrected chi connectivity index (χ1v) is 9.07. The van der Waals surface area contributed by atoms with Crippen LogP contribution in [0, 0.1) is 5.92 Å². The van der Waals surface area contributed by atoms with E-state index in [1.54, 1.807) is 17.9 Å². The van der Waals surface area contributed by atoms with Crippen LogP contribution in [0.25, 0.3) is 0 Å². The summed E-state index contributed by atoms with van der Waals surface area (Å²) >= 11 is 0. The van der Waals surface area contributed by atoms with Gasteiger partial charge in [0.2, 0.25) is 15.0 Å². The predicted molar refractivity (Wildman–Crippen MR) is 80.9 cm³/mol. The minimum absolute atomic E-state index is 0.200. The third-order valence-corrected chi connectivity index (χ3v) is 5.61. The first kappa shape index (κ1) is 16.5. The van der Waals surface area contributed by atoms with Gasteiger partial charge in [-0.3, -0.25) is 0 Å². The van der Waals surface area contributed by atoms with Crippen LogP contribution in [0.2, 0.25) is 0 Å². The van der Waals surface area contributed by atoms with Crippen molar-refractivity contribution in [2.45, 2.75) is 38.0 Å². The number of hydrogen-bond donors (Lipinski definition) is 0. The number of hydrogen-bond acceptors (Lipinski definition) is 5. The van der Waals surface area contributed by atoms with Gasteiger partial charge in [0, 0.05) is 20.2 Å². The second kappa shape index (κ2) is 6.89. The Morgan fingerprint density at radius 3 is 2.76 bits per heavy atom. The number of nitrogens with zero attached hydrogens (tertiary/aromatic N) is 3. The first-order valence-electron chi connectivity index (χ1n) is 7.42. The van der Waals surface area contributed by atoms with Gasteiger partial charge in [0.15, 0.2) is 0 Å². The number of aromatic nitrogens is 2. The molecule has 1 aromatic rings. The van der Waals surface area contributed by atoms with Crippen LogP contribution in [0.15, 0.2) is 11.4 Å². The molecule has 6 nitrogen and oxygen atoms in total. The summed E-state index contributed by atoms with van der Waals surface area (Å²) in [5.41, 5.74) is 0.922. The summed E-state index contributed by atoms with van der Waals surface area (Å²) in [6.07, 6.45) is 3.72. The van der Waals surface area contributed by atoms with Gasteiger partial charge < -0.3 is 14.2 Å². The van der Waals surface area contributed by atoms with Gasteiger partial charge in [-0.15, -0.1) is 0 Å². The third-order valence-electron chi connectivity index (χ3n) is 3.82. The molecule has 0 atom stereocenters. The molecule has 120 valence electrons. The molecule has 1 aliphatic carbocycles. The zero-order valence-corrected chi connectivity index (χ0v) is 13.9. The zero-order valence-electron chi connectivity index (χ0n) is 13.1. The summed E-state index contributed by atoms with van der Waals surface area (Å²) in [7, 11) is 0.322. The molecule has 0 radical (unpaired) electrons. The number of methoxy groups -OCH3 is 1. The lowest BCUT2D eigenvalue weighted by molar-refractivity contribution is 0.182. The molecule has 0 spiro atoms. The monoisotopic (exact) mass is 315 g/mol. The number of imidazole rings is 1. The van der Waals surface area contributed by atoms with Gasteiger partial charge >= 0.3 is 0 Å². The van der Waals surface area contributed by atoms with Gasteiger partial charge in [0.1, 0.15) is 0 Å². The quantitative estimate of drug-likeness (QED) is 0.684. The van der Waals surface area contributed by atoms with Crippen molar-refractivity contribution in [1.82, 2.24) is 14.5 Å². The Morgan fingerprint density at radius 1 is 1.48 bits per heavy atom. The van der Waals surface area contributed by atoms with Crippen LogP contribution in [-0.4, -0.2) is 55.9 Å². The Labute approximate surface area is 127 Å². The van der Waals surface area contributed by atoms with E-state index in [0.29, 0.717) is 25.6 Å². The molecule has 0 unspecified atom stereocenters. The standard InChI is InChI=1S/C14H25N3O3S/c1-4-16(2)10-13-9-15-14(17(13)7-8-20-3)21(18,19)11-12-5-6-12/h9,12H,4-8,10-11H2,1-3H3. The number of sulfone groups is 1. The summed E-state index contributed by atoms with van der Waals surface area (Å²) in [6.45, 7) is 4.65. The lowest BCUT2D eigenvalue weighted by Gasteiger charge is -2.16. The van der Waals surface area contributed by atoms with E-state index < -0.39 is 9.84 Å². The fourth-order valence-corrected chi connectivity index (χ4v) is 4.11. The largest absolute Gasteiger partial charge is 0.383 e. The molecular formula is C14H25N3O3S. The number of rotatable bonds is 9. The minimum atomic E-state index is -3.30. The molecule has 0 aromatic carbocycles. The molecule has 1 aliphatic rings. The van der Waals surface area contributed by atoms with E-state index in [2.05, 4.69) is 16.8 Å². The Morgan fingerprint density at radius 2 is 2.19 bits per heavy atom. The predicted octanol–water partition coefficient (Wildman–Crippen LogP) is 1.16. The van der Waals surface area contributed by atoms with Crippen molar-refractivity contribution in [3.05, 3.63) is 11.9 Å². The van der Waals surface area contributed by atoms with Crippen LogP contribution < -0.4 is 0 Å². The SMILES string of the molecule is CCN(C)Cc1cnc(S(=O)(=O)CC2CC2)n1CCOC. The van der Waals surface area contributed by atoms with Crippen LogP contribution in [0.5, 0.6) is 0 Å². The van der Waals surface area contributed by atoms with Crippen molar-refractivity contribution in [3.63, 3.8) is 0 Å². The van der Waals surface area contributed by atoms with Crippen LogP contribution in [0.4, 0.5) is 0 Å². The lowest BCUT2D eigenvalue weighted by Crippen LogP contribution is -2.22. The second-order valence-corrected chi connectivity index (χ2v) is 7.66. The molecule has 1 heterocycles. The van der Waals surface area contributed by atoms with Crippen molar-refractivity contribution in [3.8, 4) is 0 Å². The van der Waals surface area contributed by atoms with Crippen LogP contribution in [0.3, 0.4) is 0 Å². The van der Waals surface area contributed by atoms with Gasteiger partial charge in [0.05, 0.1) is 24.3 Å². The Kier molecular flexibility index (Phi) is 5.40. The summed E-state index contributed by atoms with van der Waals surface area (Å²) in [5.74, 6) is 0.546. The van der Waals surface area contributed by atoms with E-state index >= 15 is 0 Å². The molecule has 0 aliphatic heterocycles. The highest BCUT2D eigenvalue weighted by Crippen LogP contribution is 2.32. The molecular weight excluding hydrogens is 290 g/mol. The van der Waals surface area contributed by atoms with Gasteiger partial charge in [-0.1, -0.05) is 6.92 Å². The lowest BCUT2D eigenvalue weighted by atomic mass is 10.4. The Hall–Kier alpha value is -0.920. The van der Waals surface area contributed by atoms with E-state index in [1.165, 1.54) is 0 Å². The molecule has 1 aromatic heterocycles. The average Bonchev–Trinajstić information content (AvgIpc) is 3.14. The number of ether oxygens (including phenoxy) is 1. The van der Waals surface area contributed by atoms with Crippen molar-refractivity contribution < 1.29 is 13.2 Å². The van der Waals surface area contributed by atoms with E-state index in [9.17, 15) is 8.42 Å². The average molecular weight is 315 g/mol. The highest BCUT2D eigenvalue weighted by atomic mass is 32.2. The van der Waals surface area contributed by atoms with E-state index in [-0.39, 0.29) is 10.9 Å². The van der Waals surface area contributed by atoms with Crippen molar-refractivity contribution in [2.24, 2.45) is 5.92 Å². The maximum Gasteiger partial charge on any atom is 0.227 e. The van der Waals surface area contributed by atoms with Gasteiger partial charge in [-0.25, -0.2) is 13.4 Å². The molecule has 0 saturated heterocycles. The van der Waals surface area contributed by atoms with Gasteiger partial charge in [-0.2, -0.15) is 0 Å². The summed E-state index contributed by atoms with van der Waals surface area (Å²) in [4.78, 5) is 6.32. The van der Waals surface area contributed by atoms with Crippen molar-refractivity contribution in [2.75, 3.05) is 33.1 Å². The highest BCUT2D eigenvalue weighted by molar-refractivity contribution is 7.91. The molecule has 7 heteroatoms. The zero-order chi connectivity index (χ0) is 15.5. The van der Waals surface area contributed by atoms with Crippen LogP contribution in [0.1, 0.15) is 25.5 Å². The topological polar surface area (TPSA) is 64.4 Å². The summed E-state index contributed by atoms with van der Waals surface area (Å²) in [6, 6.07) is 0. The van der Waals surface area contributed by atoms with Crippen molar-refractivity contribution in [1.29, 1.82) is 0 Å². The molecule has 2 rings (SSSR count). The van der Waals surface area contributed by atoms with Gasteiger partial charge in [-0.05, 0) is 32.4 Å². The first-order chi connectivity index (χ1) is 9.97. The molecule has 0 amide bonds. The summed E-state index contributed by atoms with van der Waals surface area (Å²) < 4.78 is 31.9. The maximum absolute atomic E-state index is 12.5. The second-order valence-electron chi connectivity index (χ2n) is 5.73. The Balaban J connectivity index is 2.26. The molecule has 1 fully saturated rings. The molecule has 0 N–H and O–H groups in total. The molecule has 21 heavy (non-hydrogen) atoms. The molecule has 0 bridgehead atoms. The highest BCUT2D eigenvalue weighted by Gasteiger charge is 2.32.